The quantitative estimate of drug-likeness (QED) is 0.532. The Balaban J connectivity index is 2.02. The molecule has 3 aromatic rings. The monoisotopic (exact) mass is 388 g/mol. The van der Waals surface area contributed by atoms with Gasteiger partial charge in [-0.15, -0.1) is 6.42 Å². The lowest BCUT2D eigenvalue weighted by Gasteiger charge is -2.02. The first-order valence-corrected chi connectivity index (χ1v) is 7.81. The number of hydrogen-bond acceptors (Lipinski definition) is 3. The average Bonchev–Trinajstić information content (AvgIpc) is 2.98. The number of hydrogen-bond donors (Lipinski definition) is 1. The molecule has 0 aliphatic carbocycles. The molecule has 0 saturated heterocycles. The highest BCUT2D eigenvalue weighted by molar-refractivity contribution is 9.10. The summed E-state index contributed by atoms with van der Waals surface area (Å²) in [6.45, 7) is -0.0817. The van der Waals surface area contributed by atoms with Gasteiger partial charge in [0.05, 0.1) is 16.1 Å². The molecule has 0 saturated carbocycles. The summed E-state index contributed by atoms with van der Waals surface area (Å²) in [6, 6.07) is 10.9. The van der Waals surface area contributed by atoms with Gasteiger partial charge in [-0.2, -0.15) is 0 Å². The number of H-pyrrole nitrogens is 1. The molecule has 1 heterocycles. The number of imidazole rings is 1. The van der Waals surface area contributed by atoms with E-state index in [-0.39, 0.29) is 6.61 Å². The van der Waals surface area contributed by atoms with Crippen LogP contribution in [0, 0.1) is 12.3 Å². The molecule has 0 atom stereocenters. The molecule has 3 rings (SSSR count). The van der Waals surface area contributed by atoms with Crippen molar-refractivity contribution in [2.45, 2.75) is 0 Å². The van der Waals surface area contributed by atoms with Crippen molar-refractivity contribution in [1.82, 2.24) is 9.97 Å². The van der Waals surface area contributed by atoms with Crippen LogP contribution in [0.15, 0.2) is 40.9 Å². The number of benzene rings is 2. The summed E-state index contributed by atoms with van der Waals surface area (Å²) in [4.78, 5) is 19.5. The highest BCUT2D eigenvalue weighted by atomic mass is 79.9. The Labute approximate surface area is 146 Å². The second-order valence-electron chi connectivity index (χ2n) is 4.73. The normalized spacial score (nSPS) is 10.5. The first kappa shape index (κ1) is 15.6. The first-order chi connectivity index (χ1) is 11.1. The molecule has 0 amide bonds. The van der Waals surface area contributed by atoms with E-state index in [9.17, 15) is 4.79 Å². The Morgan fingerprint density at radius 1 is 1.35 bits per heavy atom. The largest absolute Gasteiger partial charge is 0.449 e. The van der Waals surface area contributed by atoms with Gasteiger partial charge in [0.2, 0.25) is 0 Å². The van der Waals surface area contributed by atoms with Gasteiger partial charge in [-0.3, -0.25) is 0 Å². The smallest absolute Gasteiger partial charge is 0.339 e. The molecule has 1 aromatic heterocycles. The number of nitrogens with one attached hydrogen (secondary N) is 1. The lowest BCUT2D eigenvalue weighted by atomic mass is 10.2. The molecule has 0 radical (unpaired) electrons. The summed E-state index contributed by atoms with van der Waals surface area (Å²) in [7, 11) is 0. The molecule has 0 bridgehead atoms. The molecule has 0 aliphatic rings. The number of rotatable bonds is 3. The second-order valence-corrected chi connectivity index (χ2v) is 6.05. The van der Waals surface area contributed by atoms with E-state index >= 15 is 0 Å². The van der Waals surface area contributed by atoms with Crippen LogP contribution >= 0.6 is 27.5 Å². The standard InChI is InChI=1S/C17H10BrClN2O2/c1-2-7-23-17(22)11-8-13(19)15-14(9-11)20-16(21-15)10-3-5-12(18)6-4-10/h1,3-6,8-9H,7H2,(H,20,21). The Morgan fingerprint density at radius 3 is 2.78 bits per heavy atom. The van der Waals surface area contributed by atoms with Crippen LogP contribution in [0.1, 0.15) is 10.4 Å². The van der Waals surface area contributed by atoms with E-state index in [1.807, 2.05) is 24.3 Å². The Kier molecular flexibility index (Phi) is 4.37. The summed E-state index contributed by atoms with van der Waals surface area (Å²) < 4.78 is 5.89. The van der Waals surface area contributed by atoms with E-state index in [0.29, 0.717) is 27.4 Å². The van der Waals surface area contributed by atoms with Crippen LogP contribution in [0.5, 0.6) is 0 Å². The fraction of sp³-hybridized carbons (Fsp3) is 0.0588. The number of carbonyl (C=O) groups excluding carboxylic acids is 1. The average molecular weight is 390 g/mol. The zero-order valence-electron chi connectivity index (χ0n) is 11.8. The maximum atomic E-state index is 11.9. The molecule has 0 spiro atoms. The molecule has 0 fully saturated rings. The lowest BCUT2D eigenvalue weighted by molar-refractivity contribution is 0.0557. The van der Waals surface area contributed by atoms with Gasteiger partial charge in [0, 0.05) is 10.0 Å². The molecule has 1 N–H and O–H groups in total. The fourth-order valence-corrected chi connectivity index (χ4v) is 2.65. The summed E-state index contributed by atoms with van der Waals surface area (Å²) in [5.74, 6) is 2.40. The molecule has 6 heteroatoms. The van der Waals surface area contributed by atoms with E-state index < -0.39 is 5.97 Å². The van der Waals surface area contributed by atoms with Crippen molar-refractivity contribution in [3.05, 3.63) is 51.5 Å². The van der Waals surface area contributed by atoms with Crippen LogP contribution in [0.4, 0.5) is 0 Å². The van der Waals surface area contributed by atoms with E-state index in [0.717, 1.165) is 10.0 Å². The maximum absolute atomic E-state index is 11.9. The van der Waals surface area contributed by atoms with Crippen molar-refractivity contribution in [2.24, 2.45) is 0 Å². The topological polar surface area (TPSA) is 55.0 Å². The third kappa shape index (κ3) is 3.24. The SMILES string of the molecule is C#CCOC(=O)c1cc(Cl)c2nc(-c3ccc(Br)cc3)[nH]c2c1. The van der Waals surface area contributed by atoms with Crippen LogP contribution in [0.3, 0.4) is 0 Å². The molecule has 114 valence electrons. The molecule has 4 nitrogen and oxygen atoms in total. The number of terminal acetylenes is 1. The molecular formula is C17H10BrClN2O2. The van der Waals surface area contributed by atoms with Gasteiger partial charge in [-0.05, 0) is 24.3 Å². The highest BCUT2D eigenvalue weighted by Gasteiger charge is 2.14. The van der Waals surface area contributed by atoms with Crippen molar-refractivity contribution >= 4 is 44.5 Å². The Morgan fingerprint density at radius 2 is 2.09 bits per heavy atom. The minimum atomic E-state index is -0.522. The maximum Gasteiger partial charge on any atom is 0.339 e. The second kappa shape index (κ2) is 6.45. The predicted molar refractivity (Wildman–Crippen MR) is 93.4 cm³/mol. The molecule has 0 aliphatic heterocycles. The number of ether oxygens (including phenoxy) is 1. The van der Waals surface area contributed by atoms with Crippen LogP contribution in [-0.2, 0) is 4.74 Å². The first-order valence-electron chi connectivity index (χ1n) is 6.64. The van der Waals surface area contributed by atoms with Gasteiger partial charge >= 0.3 is 5.97 Å². The van der Waals surface area contributed by atoms with E-state index in [1.54, 1.807) is 6.07 Å². The fourth-order valence-electron chi connectivity index (χ4n) is 2.13. The number of fused-ring (bicyclic) bond motifs is 1. The van der Waals surface area contributed by atoms with Crippen LogP contribution in [0.25, 0.3) is 22.4 Å². The molecule has 23 heavy (non-hydrogen) atoms. The Hall–Kier alpha value is -2.29. The van der Waals surface area contributed by atoms with Gasteiger partial charge < -0.3 is 9.72 Å². The lowest BCUT2D eigenvalue weighted by Crippen LogP contribution is -2.05. The number of halogens is 2. The predicted octanol–water partition coefficient (Wildman–Crippen LogP) is 4.44. The van der Waals surface area contributed by atoms with E-state index in [1.165, 1.54) is 6.07 Å². The van der Waals surface area contributed by atoms with Gasteiger partial charge in [-0.25, -0.2) is 9.78 Å². The third-order valence-electron chi connectivity index (χ3n) is 3.18. The van der Waals surface area contributed by atoms with Crippen LogP contribution in [-0.4, -0.2) is 22.5 Å². The highest BCUT2D eigenvalue weighted by Crippen LogP contribution is 2.28. The van der Waals surface area contributed by atoms with Gasteiger partial charge in [0.1, 0.15) is 11.3 Å². The van der Waals surface area contributed by atoms with Gasteiger partial charge in [0.25, 0.3) is 0 Å². The zero-order chi connectivity index (χ0) is 16.4. The van der Waals surface area contributed by atoms with E-state index in [2.05, 4.69) is 31.8 Å². The number of nitrogens with zero attached hydrogens (tertiary/aromatic N) is 1. The molecular weight excluding hydrogens is 380 g/mol. The van der Waals surface area contributed by atoms with Crippen molar-refractivity contribution in [2.75, 3.05) is 6.61 Å². The molecule has 2 aromatic carbocycles. The zero-order valence-corrected chi connectivity index (χ0v) is 14.1. The van der Waals surface area contributed by atoms with Crippen molar-refractivity contribution in [1.29, 1.82) is 0 Å². The Bertz CT molecular complexity index is 926. The number of aromatic amines is 1. The van der Waals surface area contributed by atoms with Crippen molar-refractivity contribution in [3.63, 3.8) is 0 Å². The number of aromatic nitrogens is 2. The van der Waals surface area contributed by atoms with Crippen molar-refractivity contribution in [3.8, 4) is 23.7 Å². The van der Waals surface area contributed by atoms with E-state index in [4.69, 9.17) is 22.8 Å². The minimum absolute atomic E-state index is 0.0817. The summed E-state index contributed by atoms with van der Waals surface area (Å²) in [5.41, 5.74) is 2.49. The van der Waals surface area contributed by atoms with Crippen LogP contribution in [0.2, 0.25) is 5.02 Å². The van der Waals surface area contributed by atoms with Gasteiger partial charge in [0.15, 0.2) is 6.61 Å². The number of carbonyl (C=O) groups is 1. The van der Waals surface area contributed by atoms with Gasteiger partial charge in [-0.1, -0.05) is 45.6 Å². The summed E-state index contributed by atoms with van der Waals surface area (Å²) >= 11 is 9.62. The minimum Gasteiger partial charge on any atom is -0.449 e. The summed E-state index contributed by atoms with van der Waals surface area (Å²) in [6.07, 6.45) is 5.08. The molecule has 0 unspecified atom stereocenters. The summed E-state index contributed by atoms with van der Waals surface area (Å²) in [5, 5.41) is 0.370. The van der Waals surface area contributed by atoms with Crippen molar-refractivity contribution < 1.29 is 9.53 Å². The van der Waals surface area contributed by atoms with Crippen LogP contribution < -0.4 is 0 Å². The third-order valence-corrected chi connectivity index (χ3v) is 4.00. The number of esters is 1.